The van der Waals surface area contributed by atoms with Crippen molar-refractivity contribution in [2.24, 2.45) is 7.05 Å². The summed E-state index contributed by atoms with van der Waals surface area (Å²) in [6.45, 7) is 7.00. The molecule has 1 aliphatic heterocycles. The molecule has 1 N–H and O–H groups in total. The SMILES string of the molecule is Cc1cccc(CCCNC(=O)N2CCN(Cc3nccn3C)CC2)c1. The lowest BCUT2D eigenvalue weighted by atomic mass is 10.1. The van der Waals surface area contributed by atoms with E-state index < -0.39 is 0 Å². The van der Waals surface area contributed by atoms with Gasteiger partial charge in [-0.05, 0) is 25.3 Å². The molecule has 0 bridgehead atoms. The van der Waals surface area contributed by atoms with Crippen LogP contribution >= 0.6 is 0 Å². The highest BCUT2D eigenvalue weighted by atomic mass is 16.2. The lowest BCUT2D eigenvalue weighted by Crippen LogP contribution is -2.51. The Bertz CT molecular complexity index is 718. The molecule has 1 saturated heterocycles. The van der Waals surface area contributed by atoms with E-state index >= 15 is 0 Å². The summed E-state index contributed by atoms with van der Waals surface area (Å²) >= 11 is 0. The number of urea groups is 1. The van der Waals surface area contributed by atoms with Gasteiger partial charge in [-0.25, -0.2) is 9.78 Å². The van der Waals surface area contributed by atoms with Crippen LogP contribution in [-0.4, -0.2) is 58.1 Å². The van der Waals surface area contributed by atoms with Crippen molar-refractivity contribution >= 4 is 6.03 Å². The fourth-order valence-corrected chi connectivity index (χ4v) is 3.33. The van der Waals surface area contributed by atoms with Gasteiger partial charge in [-0.2, -0.15) is 0 Å². The molecule has 26 heavy (non-hydrogen) atoms. The largest absolute Gasteiger partial charge is 0.338 e. The molecule has 6 nitrogen and oxygen atoms in total. The third-order valence-electron chi connectivity index (χ3n) is 4.95. The maximum atomic E-state index is 12.3. The van der Waals surface area contributed by atoms with Crippen LogP contribution < -0.4 is 5.32 Å². The van der Waals surface area contributed by atoms with Crippen LogP contribution in [0.15, 0.2) is 36.7 Å². The van der Waals surface area contributed by atoms with Crippen LogP contribution in [0.25, 0.3) is 0 Å². The highest BCUT2D eigenvalue weighted by molar-refractivity contribution is 5.74. The molecular weight excluding hydrogens is 326 g/mol. The minimum absolute atomic E-state index is 0.0610. The molecule has 2 aromatic rings. The number of hydrogen-bond acceptors (Lipinski definition) is 3. The third-order valence-corrected chi connectivity index (χ3v) is 4.95. The second kappa shape index (κ2) is 8.85. The number of aromatic nitrogens is 2. The van der Waals surface area contributed by atoms with E-state index in [0.717, 1.165) is 57.9 Å². The summed E-state index contributed by atoms with van der Waals surface area (Å²) in [5.41, 5.74) is 2.62. The summed E-state index contributed by atoms with van der Waals surface area (Å²) in [5, 5.41) is 3.06. The van der Waals surface area contributed by atoms with E-state index in [1.165, 1.54) is 11.1 Å². The number of carbonyl (C=O) groups is 1. The first-order valence-electron chi connectivity index (χ1n) is 9.39. The van der Waals surface area contributed by atoms with Gasteiger partial charge in [0.1, 0.15) is 5.82 Å². The Morgan fingerprint density at radius 1 is 1.23 bits per heavy atom. The fraction of sp³-hybridized carbons (Fsp3) is 0.500. The van der Waals surface area contributed by atoms with E-state index in [9.17, 15) is 4.79 Å². The fourth-order valence-electron chi connectivity index (χ4n) is 3.33. The number of amides is 2. The zero-order valence-electron chi connectivity index (χ0n) is 15.8. The summed E-state index contributed by atoms with van der Waals surface area (Å²) in [6, 6.07) is 8.62. The van der Waals surface area contributed by atoms with Crippen LogP contribution in [0.2, 0.25) is 0 Å². The number of hydrogen-bond donors (Lipinski definition) is 1. The lowest BCUT2D eigenvalue weighted by Gasteiger charge is -2.34. The molecule has 0 spiro atoms. The second-order valence-electron chi connectivity index (χ2n) is 7.04. The highest BCUT2D eigenvalue weighted by Crippen LogP contribution is 2.08. The molecule has 0 atom stereocenters. The molecule has 140 valence electrons. The van der Waals surface area contributed by atoms with Gasteiger partial charge in [0.15, 0.2) is 0 Å². The molecule has 0 radical (unpaired) electrons. The van der Waals surface area contributed by atoms with E-state index in [2.05, 4.69) is 46.4 Å². The Balaban J connectivity index is 1.34. The Morgan fingerprint density at radius 3 is 2.73 bits per heavy atom. The monoisotopic (exact) mass is 355 g/mol. The minimum atomic E-state index is 0.0610. The lowest BCUT2D eigenvalue weighted by molar-refractivity contribution is 0.133. The van der Waals surface area contributed by atoms with Crippen LogP contribution in [-0.2, 0) is 20.0 Å². The quantitative estimate of drug-likeness (QED) is 0.808. The van der Waals surface area contributed by atoms with Gasteiger partial charge >= 0.3 is 6.03 Å². The summed E-state index contributed by atoms with van der Waals surface area (Å²) < 4.78 is 2.05. The topological polar surface area (TPSA) is 53.4 Å². The predicted molar refractivity (Wildman–Crippen MR) is 103 cm³/mol. The molecule has 1 aromatic carbocycles. The van der Waals surface area contributed by atoms with Gasteiger partial charge in [0.25, 0.3) is 0 Å². The summed E-state index contributed by atoms with van der Waals surface area (Å²) in [5.74, 6) is 1.07. The van der Waals surface area contributed by atoms with Gasteiger partial charge in [-0.15, -0.1) is 0 Å². The standard InChI is InChI=1S/C20H29N5O/c1-17-5-3-6-18(15-17)7-4-8-22-20(26)25-13-11-24(12-14-25)16-19-21-9-10-23(19)2/h3,5-6,9-10,15H,4,7-8,11-14,16H2,1-2H3,(H,22,26). The average Bonchev–Trinajstić information content (AvgIpc) is 3.04. The number of imidazole rings is 1. The Kier molecular flexibility index (Phi) is 6.28. The normalized spacial score (nSPS) is 15.2. The highest BCUT2D eigenvalue weighted by Gasteiger charge is 2.21. The summed E-state index contributed by atoms with van der Waals surface area (Å²) in [7, 11) is 2.02. The molecule has 0 aliphatic carbocycles. The molecule has 2 heterocycles. The van der Waals surface area contributed by atoms with E-state index in [1.54, 1.807) is 0 Å². The number of piperazine rings is 1. The van der Waals surface area contributed by atoms with E-state index in [4.69, 9.17) is 0 Å². The predicted octanol–water partition coefficient (Wildman–Crippen LogP) is 2.19. The Morgan fingerprint density at radius 2 is 2.04 bits per heavy atom. The first-order valence-corrected chi connectivity index (χ1v) is 9.39. The van der Waals surface area contributed by atoms with Crippen LogP contribution in [0.3, 0.4) is 0 Å². The summed E-state index contributed by atoms with van der Waals surface area (Å²) in [4.78, 5) is 21.0. The number of nitrogens with zero attached hydrogens (tertiary/aromatic N) is 4. The smallest absolute Gasteiger partial charge is 0.317 e. The molecule has 6 heteroatoms. The van der Waals surface area contributed by atoms with Crippen molar-refractivity contribution in [1.82, 2.24) is 24.7 Å². The van der Waals surface area contributed by atoms with Gasteiger partial charge in [0.05, 0.1) is 6.54 Å². The molecular formula is C20H29N5O. The summed E-state index contributed by atoms with van der Waals surface area (Å²) in [6.07, 6.45) is 5.76. The number of nitrogens with one attached hydrogen (secondary N) is 1. The van der Waals surface area contributed by atoms with E-state index in [0.29, 0.717) is 0 Å². The van der Waals surface area contributed by atoms with Crippen molar-refractivity contribution in [3.63, 3.8) is 0 Å². The first kappa shape index (κ1) is 18.5. The van der Waals surface area contributed by atoms with Crippen molar-refractivity contribution in [2.75, 3.05) is 32.7 Å². The molecule has 1 fully saturated rings. The van der Waals surface area contributed by atoms with E-state index in [-0.39, 0.29) is 6.03 Å². The first-order chi connectivity index (χ1) is 12.6. The van der Waals surface area contributed by atoms with Crippen LogP contribution in [0.5, 0.6) is 0 Å². The zero-order valence-corrected chi connectivity index (χ0v) is 15.8. The van der Waals surface area contributed by atoms with Gasteiger partial charge in [0.2, 0.25) is 0 Å². The maximum Gasteiger partial charge on any atom is 0.317 e. The van der Waals surface area contributed by atoms with Crippen molar-refractivity contribution in [3.05, 3.63) is 53.6 Å². The van der Waals surface area contributed by atoms with Crippen LogP contribution in [0.4, 0.5) is 4.79 Å². The molecule has 1 aliphatic rings. The van der Waals surface area contributed by atoms with Crippen molar-refractivity contribution in [3.8, 4) is 0 Å². The molecule has 3 rings (SSSR count). The van der Waals surface area contributed by atoms with Crippen molar-refractivity contribution < 1.29 is 4.79 Å². The molecule has 1 aromatic heterocycles. The third kappa shape index (κ3) is 5.08. The van der Waals surface area contributed by atoms with Gasteiger partial charge in [-0.1, -0.05) is 29.8 Å². The van der Waals surface area contributed by atoms with Gasteiger partial charge in [0, 0.05) is 52.2 Å². The Labute approximate surface area is 155 Å². The van der Waals surface area contributed by atoms with Gasteiger partial charge in [-0.3, -0.25) is 4.90 Å². The molecule has 2 amide bonds. The van der Waals surface area contributed by atoms with Crippen LogP contribution in [0, 0.1) is 6.92 Å². The number of benzene rings is 1. The minimum Gasteiger partial charge on any atom is -0.338 e. The number of rotatable bonds is 6. The number of aryl methyl sites for hydroxylation is 3. The van der Waals surface area contributed by atoms with Gasteiger partial charge < -0.3 is 14.8 Å². The van der Waals surface area contributed by atoms with E-state index in [1.807, 2.05) is 28.9 Å². The van der Waals surface area contributed by atoms with Crippen molar-refractivity contribution in [1.29, 1.82) is 0 Å². The zero-order chi connectivity index (χ0) is 18.4. The second-order valence-corrected chi connectivity index (χ2v) is 7.04. The molecule has 0 saturated carbocycles. The maximum absolute atomic E-state index is 12.3. The Hall–Kier alpha value is -2.34. The number of carbonyl (C=O) groups excluding carboxylic acids is 1. The molecule has 0 unspecified atom stereocenters. The average molecular weight is 355 g/mol. The van der Waals surface area contributed by atoms with Crippen LogP contribution in [0.1, 0.15) is 23.4 Å². The van der Waals surface area contributed by atoms with Crippen molar-refractivity contribution in [2.45, 2.75) is 26.3 Å².